The van der Waals surface area contributed by atoms with E-state index in [2.05, 4.69) is 27.8 Å². The Hall–Kier alpha value is -0.300. The van der Waals surface area contributed by atoms with Gasteiger partial charge < -0.3 is 11.1 Å². The summed E-state index contributed by atoms with van der Waals surface area (Å²) in [6.07, 6.45) is 7.98. The van der Waals surface area contributed by atoms with Crippen molar-refractivity contribution in [3.8, 4) is 0 Å². The van der Waals surface area contributed by atoms with Gasteiger partial charge in [0.05, 0.1) is 0 Å². The minimum Gasteiger partial charge on any atom is -0.370 e. The van der Waals surface area contributed by atoms with Gasteiger partial charge in [-0.3, -0.25) is 4.99 Å². The van der Waals surface area contributed by atoms with Gasteiger partial charge in [-0.05, 0) is 61.3 Å². The van der Waals surface area contributed by atoms with E-state index in [0.29, 0.717) is 11.4 Å². The van der Waals surface area contributed by atoms with Crippen LogP contribution in [-0.4, -0.2) is 19.0 Å². The smallest absolute Gasteiger partial charge is 0.188 e. The molecule has 2 saturated carbocycles. The van der Waals surface area contributed by atoms with Crippen LogP contribution in [0.3, 0.4) is 0 Å². The van der Waals surface area contributed by atoms with E-state index in [9.17, 15) is 0 Å². The monoisotopic (exact) mass is 405 g/mol. The Kier molecular flexibility index (Phi) is 5.72. The molecule has 3 rings (SSSR count). The second kappa shape index (κ2) is 7.11. The largest absolute Gasteiger partial charge is 0.370 e. The van der Waals surface area contributed by atoms with Crippen molar-refractivity contribution >= 4 is 41.3 Å². The van der Waals surface area contributed by atoms with Crippen molar-refractivity contribution in [2.24, 2.45) is 22.1 Å². The SMILES string of the molecule is I.NC(=NCC12CCC(CC1)C2)NCCc1cccs1. The fraction of sp³-hybridized carbons (Fsp3) is 0.667. The number of nitrogens with zero attached hydrogens (tertiary/aromatic N) is 1. The van der Waals surface area contributed by atoms with Crippen molar-refractivity contribution in [2.45, 2.75) is 38.5 Å². The van der Waals surface area contributed by atoms with Gasteiger partial charge >= 0.3 is 0 Å². The molecule has 1 aromatic heterocycles. The lowest BCUT2D eigenvalue weighted by atomic mass is 9.84. The highest BCUT2D eigenvalue weighted by molar-refractivity contribution is 14.0. The van der Waals surface area contributed by atoms with E-state index in [-0.39, 0.29) is 24.0 Å². The Labute approximate surface area is 142 Å². The maximum absolute atomic E-state index is 5.96. The molecule has 0 spiro atoms. The van der Waals surface area contributed by atoms with Crippen molar-refractivity contribution in [1.29, 1.82) is 0 Å². The fourth-order valence-corrected chi connectivity index (χ4v) is 4.32. The summed E-state index contributed by atoms with van der Waals surface area (Å²) in [6.45, 7) is 1.81. The highest BCUT2D eigenvalue weighted by Gasteiger charge is 2.44. The van der Waals surface area contributed by atoms with Gasteiger partial charge in [0.25, 0.3) is 0 Å². The first-order chi connectivity index (χ1) is 9.26. The number of hydrogen-bond donors (Lipinski definition) is 2. The molecular formula is C15H24IN3S. The number of halogens is 1. The molecule has 0 saturated heterocycles. The van der Waals surface area contributed by atoms with Crippen LogP contribution in [-0.2, 0) is 6.42 Å². The third kappa shape index (κ3) is 3.87. The van der Waals surface area contributed by atoms with E-state index in [1.54, 1.807) is 11.3 Å². The Morgan fingerprint density at radius 1 is 1.45 bits per heavy atom. The first-order valence-electron chi connectivity index (χ1n) is 7.32. The average Bonchev–Trinajstić information content (AvgIpc) is 3.14. The average molecular weight is 405 g/mol. The van der Waals surface area contributed by atoms with Crippen LogP contribution in [0.1, 0.15) is 37.0 Å². The molecule has 112 valence electrons. The first kappa shape index (κ1) is 16.1. The van der Waals surface area contributed by atoms with Gasteiger partial charge in [0, 0.05) is 18.0 Å². The number of aliphatic imine (C=N–C) groups is 1. The standard InChI is InChI=1S/C15H23N3S.HI/c16-14(17-8-5-13-2-1-9-19-13)18-11-15-6-3-12(10-15)4-7-15;/h1-2,9,12H,3-8,10-11H2,(H3,16,17,18);1H. The van der Waals surface area contributed by atoms with Gasteiger partial charge in [0.2, 0.25) is 0 Å². The van der Waals surface area contributed by atoms with Gasteiger partial charge in [-0.2, -0.15) is 0 Å². The zero-order valence-electron chi connectivity index (χ0n) is 11.8. The molecule has 3 nitrogen and oxygen atoms in total. The fourth-order valence-electron chi connectivity index (χ4n) is 3.61. The number of hydrogen-bond acceptors (Lipinski definition) is 2. The highest BCUT2D eigenvalue weighted by atomic mass is 127. The van der Waals surface area contributed by atoms with Crippen LogP contribution in [0.5, 0.6) is 0 Å². The maximum Gasteiger partial charge on any atom is 0.188 e. The van der Waals surface area contributed by atoms with Crippen LogP contribution >= 0.6 is 35.3 Å². The summed E-state index contributed by atoms with van der Waals surface area (Å²) in [4.78, 5) is 5.98. The summed E-state index contributed by atoms with van der Waals surface area (Å²) in [6, 6.07) is 4.25. The molecule has 3 N–H and O–H groups in total. The molecule has 0 aliphatic heterocycles. The summed E-state index contributed by atoms with van der Waals surface area (Å²) in [5.74, 6) is 1.62. The molecular weight excluding hydrogens is 381 g/mol. The predicted octanol–water partition coefficient (Wildman–Crippen LogP) is 3.39. The number of nitrogens with two attached hydrogens (primary N) is 1. The van der Waals surface area contributed by atoms with Crippen molar-refractivity contribution in [3.05, 3.63) is 22.4 Å². The molecule has 2 aliphatic rings. The minimum absolute atomic E-state index is 0. The maximum atomic E-state index is 5.96. The number of thiophene rings is 1. The minimum atomic E-state index is 0. The third-order valence-electron chi connectivity index (χ3n) is 4.73. The molecule has 2 fully saturated rings. The normalized spacial score (nSPS) is 28.4. The second-order valence-corrected chi connectivity index (χ2v) is 7.14. The van der Waals surface area contributed by atoms with E-state index in [1.165, 1.54) is 37.0 Å². The van der Waals surface area contributed by atoms with Gasteiger partial charge in [0.15, 0.2) is 5.96 Å². The molecule has 5 heteroatoms. The van der Waals surface area contributed by atoms with Gasteiger partial charge in [-0.1, -0.05) is 6.07 Å². The molecule has 0 unspecified atom stereocenters. The zero-order valence-corrected chi connectivity index (χ0v) is 15.0. The molecule has 0 radical (unpaired) electrons. The summed E-state index contributed by atoms with van der Waals surface area (Å²) < 4.78 is 0. The summed E-state index contributed by atoms with van der Waals surface area (Å²) in [5.41, 5.74) is 6.47. The molecule has 0 amide bonds. The van der Waals surface area contributed by atoms with Crippen LogP contribution < -0.4 is 11.1 Å². The summed E-state index contributed by atoms with van der Waals surface area (Å²) >= 11 is 1.80. The molecule has 2 aliphatic carbocycles. The van der Waals surface area contributed by atoms with Crippen LogP contribution in [0.2, 0.25) is 0 Å². The number of rotatable bonds is 5. The summed E-state index contributed by atoms with van der Waals surface area (Å²) in [7, 11) is 0. The van der Waals surface area contributed by atoms with Crippen molar-refractivity contribution in [2.75, 3.05) is 13.1 Å². The van der Waals surface area contributed by atoms with E-state index >= 15 is 0 Å². The van der Waals surface area contributed by atoms with Crippen LogP contribution in [0, 0.1) is 11.3 Å². The lowest BCUT2D eigenvalue weighted by Crippen LogP contribution is -2.34. The number of nitrogens with one attached hydrogen (secondary N) is 1. The highest BCUT2D eigenvalue weighted by Crippen LogP contribution is 2.54. The molecule has 1 heterocycles. The van der Waals surface area contributed by atoms with Gasteiger partial charge in [-0.15, -0.1) is 35.3 Å². The van der Waals surface area contributed by atoms with Crippen molar-refractivity contribution in [1.82, 2.24) is 5.32 Å². The summed E-state index contributed by atoms with van der Waals surface area (Å²) in [5, 5.41) is 5.35. The number of fused-ring (bicyclic) bond motifs is 2. The third-order valence-corrected chi connectivity index (χ3v) is 5.67. The second-order valence-electron chi connectivity index (χ2n) is 6.11. The molecule has 0 aromatic carbocycles. The van der Waals surface area contributed by atoms with E-state index < -0.39 is 0 Å². The van der Waals surface area contributed by atoms with Crippen molar-refractivity contribution < 1.29 is 0 Å². The predicted molar refractivity (Wildman–Crippen MR) is 96.9 cm³/mol. The molecule has 0 atom stereocenters. The topological polar surface area (TPSA) is 50.4 Å². The van der Waals surface area contributed by atoms with Gasteiger partial charge in [0.1, 0.15) is 0 Å². The number of guanidine groups is 1. The van der Waals surface area contributed by atoms with Crippen molar-refractivity contribution in [3.63, 3.8) is 0 Å². The lowest BCUT2D eigenvalue weighted by molar-refractivity contribution is 0.307. The quantitative estimate of drug-likeness (QED) is 0.448. The lowest BCUT2D eigenvalue weighted by Gasteiger charge is -2.24. The van der Waals surface area contributed by atoms with Gasteiger partial charge in [-0.25, -0.2) is 0 Å². The Balaban J connectivity index is 0.00000147. The zero-order chi connectivity index (χ0) is 13.1. The molecule has 20 heavy (non-hydrogen) atoms. The Bertz CT molecular complexity index is 436. The van der Waals surface area contributed by atoms with E-state index in [0.717, 1.165) is 25.4 Å². The van der Waals surface area contributed by atoms with Crippen LogP contribution in [0.15, 0.2) is 22.5 Å². The van der Waals surface area contributed by atoms with Crippen LogP contribution in [0.25, 0.3) is 0 Å². The van der Waals surface area contributed by atoms with E-state index in [4.69, 9.17) is 5.73 Å². The Morgan fingerprint density at radius 3 is 2.85 bits per heavy atom. The van der Waals surface area contributed by atoms with E-state index in [1.807, 2.05) is 0 Å². The molecule has 1 aromatic rings. The Morgan fingerprint density at radius 2 is 2.25 bits per heavy atom. The molecule has 2 bridgehead atoms. The van der Waals surface area contributed by atoms with Crippen LogP contribution in [0.4, 0.5) is 0 Å². The first-order valence-corrected chi connectivity index (χ1v) is 8.20.